The van der Waals surface area contributed by atoms with Gasteiger partial charge in [-0.05, 0) is 24.6 Å². The first-order valence-corrected chi connectivity index (χ1v) is 8.39. The van der Waals surface area contributed by atoms with E-state index in [1.54, 1.807) is 30.2 Å². The highest BCUT2D eigenvalue weighted by Crippen LogP contribution is 2.40. The average molecular weight is 333 g/mol. The number of ether oxygens (including phenoxy) is 3. The maximum atomic E-state index is 12.5. The largest absolute Gasteiger partial charge is 0.497 e. The Hall–Kier alpha value is -2.24. The number of Topliss-reactive ketones (excluding diaryl/α,β-unsaturated/α-hetero) is 1. The van der Waals surface area contributed by atoms with Crippen molar-refractivity contribution in [3.05, 3.63) is 23.8 Å². The summed E-state index contributed by atoms with van der Waals surface area (Å²) in [4.78, 5) is 26.3. The molecule has 2 heterocycles. The van der Waals surface area contributed by atoms with Crippen LogP contribution in [0.5, 0.6) is 11.5 Å². The normalized spacial score (nSPS) is 22.2. The second-order valence-corrected chi connectivity index (χ2v) is 6.39. The quantitative estimate of drug-likeness (QED) is 0.793. The van der Waals surface area contributed by atoms with E-state index in [2.05, 4.69) is 0 Å². The molecule has 6 heteroatoms. The van der Waals surface area contributed by atoms with Crippen LogP contribution in [0, 0.1) is 0 Å². The maximum absolute atomic E-state index is 12.5. The summed E-state index contributed by atoms with van der Waals surface area (Å²) in [6.07, 6.45) is 2.42. The van der Waals surface area contributed by atoms with Gasteiger partial charge in [0.2, 0.25) is 0 Å². The molecule has 1 aromatic rings. The third-order valence-corrected chi connectivity index (χ3v) is 4.59. The SMILES string of the molecule is CCCCOC(=O)N1CCC2(CC(=O)c3cc(OC)ccc3O2)C1. The van der Waals surface area contributed by atoms with Gasteiger partial charge in [0.05, 0.1) is 32.2 Å². The average Bonchev–Trinajstić information content (AvgIpc) is 2.98. The van der Waals surface area contributed by atoms with Gasteiger partial charge in [-0.15, -0.1) is 0 Å². The Morgan fingerprint density at radius 2 is 2.25 bits per heavy atom. The van der Waals surface area contributed by atoms with Crippen LogP contribution < -0.4 is 9.47 Å². The maximum Gasteiger partial charge on any atom is 0.409 e. The summed E-state index contributed by atoms with van der Waals surface area (Å²) < 4.78 is 16.6. The molecular formula is C18H23NO5. The first-order valence-electron chi connectivity index (χ1n) is 8.39. The molecule has 6 nitrogen and oxygen atoms in total. The number of carbonyl (C=O) groups is 2. The second kappa shape index (κ2) is 6.71. The van der Waals surface area contributed by atoms with E-state index < -0.39 is 5.60 Å². The van der Waals surface area contributed by atoms with E-state index >= 15 is 0 Å². The fourth-order valence-electron chi connectivity index (χ4n) is 3.22. The lowest BCUT2D eigenvalue weighted by atomic mass is 9.89. The van der Waals surface area contributed by atoms with Crippen LogP contribution in [0.2, 0.25) is 0 Å². The van der Waals surface area contributed by atoms with Crippen molar-refractivity contribution < 1.29 is 23.8 Å². The van der Waals surface area contributed by atoms with Crippen LogP contribution in [-0.4, -0.2) is 49.2 Å². The number of hydrogen-bond acceptors (Lipinski definition) is 5. The Kier molecular flexibility index (Phi) is 4.64. The fourth-order valence-corrected chi connectivity index (χ4v) is 3.22. The van der Waals surface area contributed by atoms with E-state index in [-0.39, 0.29) is 18.3 Å². The van der Waals surface area contributed by atoms with Crippen LogP contribution in [0.4, 0.5) is 4.79 Å². The van der Waals surface area contributed by atoms with E-state index in [9.17, 15) is 9.59 Å². The van der Waals surface area contributed by atoms with Crippen LogP contribution in [0.3, 0.4) is 0 Å². The molecule has 3 rings (SSSR count). The topological polar surface area (TPSA) is 65.1 Å². The lowest BCUT2D eigenvalue weighted by molar-refractivity contribution is 0.0428. The van der Waals surface area contributed by atoms with Crippen molar-refractivity contribution in [2.45, 2.75) is 38.2 Å². The van der Waals surface area contributed by atoms with Gasteiger partial charge in [0.15, 0.2) is 5.78 Å². The molecule has 0 radical (unpaired) electrons. The lowest BCUT2D eigenvalue weighted by Crippen LogP contribution is -2.45. The molecule has 1 amide bonds. The highest BCUT2D eigenvalue weighted by Gasteiger charge is 2.47. The van der Waals surface area contributed by atoms with Crippen LogP contribution >= 0.6 is 0 Å². The van der Waals surface area contributed by atoms with Crippen LogP contribution in [-0.2, 0) is 4.74 Å². The van der Waals surface area contributed by atoms with Crippen molar-refractivity contribution in [1.29, 1.82) is 0 Å². The lowest BCUT2D eigenvalue weighted by Gasteiger charge is -2.34. The molecule has 0 N–H and O–H groups in total. The Bertz CT molecular complexity index is 644. The first kappa shape index (κ1) is 16.6. The highest BCUT2D eigenvalue weighted by atomic mass is 16.6. The molecule has 1 atom stereocenters. The van der Waals surface area contributed by atoms with Gasteiger partial charge in [-0.2, -0.15) is 0 Å². The van der Waals surface area contributed by atoms with Crippen LogP contribution in [0.25, 0.3) is 0 Å². The number of likely N-dealkylation sites (tertiary alicyclic amines) is 1. The molecule has 0 saturated carbocycles. The summed E-state index contributed by atoms with van der Waals surface area (Å²) in [5.74, 6) is 1.22. The van der Waals surface area contributed by atoms with Crippen LogP contribution in [0.15, 0.2) is 18.2 Å². The zero-order chi connectivity index (χ0) is 17.2. The Morgan fingerprint density at radius 3 is 3.00 bits per heavy atom. The molecule has 0 bridgehead atoms. The smallest absolute Gasteiger partial charge is 0.409 e. The minimum Gasteiger partial charge on any atom is -0.497 e. The first-order chi connectivity index (χ1) is 11.6. The molecule has 2 aliphatic heterocycles. The van der Waals surface area contributed by atoms with Crippen LogP contribution in [0.1, 0.15) is 43.0 Å². The van der Waals surface area contributed by atoms with Gasteiger partial charge >= 0.3 is 6.09 Å². The summed E-state index contributed by atoms with van der Waals surface area (Å²) in [6.45, 7) is 3.41. The third-order valence-electron chi connectivity index (χ3n) is 4.59. The molecule has 130 valence electrons. The number of amides is 1. The van der Waals surface area contributed by atoms with Gasteiger partial charge in [-0.3, -0.25) is 4.79 Å². The van der Waals surface area contributed by atoms with Gasteiger partial charge in [0.25, 0.3) is 0 Å². The zero-order valence-corrected chi connectivity index (χ0v) is 14.2. The van der Waals surface area contributed by atoms with E-state index in [1.807, 2.05) is 6.92 Å². The molecule has 0 aliphatic carbocycles. The molecule has 24 heavy (non-hydrogen) atoms. The highest BCUT2D eigenvalue weighted by molar-refractivity contribution is 6.00. The summed E-state index contributed by atoms with van der Waals surface area (Å²) in [6, 6.07) is 5.24. The van der Waals surface area contributed by atoms with Gasteiger partial charge in [0, 0.05) is 13.0 Å². The Morgan fingerprint density at radius 1 is 1.42 bits per heavy atom. The van der Waals surface area contributed by atoms with E-state index in [0.29, 0.717) is 43.2 Å². The van der Waals surface area contributed by atoms with E-state index in [1.165, 1.54) is 0 Å². The molecule has 1 spiro atoms. The standard InChI is InChI=1S/C18H23NO5/c1-3-4-9-23-17(21)19-8-7-18(12-19)11-15(20)14-10-13(22-2)5-6-16(14)24-18/h5-6,10H,3-4,7-9,11-12H2,1-2H3. The molecule has 1 fully saturated rings. The summed E-state index contributed by atoms with van der Waals surface area (Å²) >= 11 is 0. The van der Waals surface area contributed by atoms with Gasteiger partial charge in [-0.25, -0.2) is 4.79 Å². The molecule has 1 aromatic carbocycles. The monoisotopic (exact) mass is 333 g/mol. The number of unbranched alkanes of at least 4 members (excludes halogenated alkanes) is 1. The number of fused-ring (bicyclic) bond motifs is 1. The predicted octanol–water partition coefficient (Wildman–Crippen LogP) is 3.04. The van der Waals surface area contributed by atoms with Crippen molar-refractivity contribution in [3.63, 3.8) is 0 Å². The number of ketones is 1. The summed E-state index contributed by atoms with van der Waals surface area (Å²) in [5, 5.41) is 0. The molecule has 2 aliphatic rings. The van der Waals surface area contributed by atoms with Crippen molar-refractivity contribution in [3.8, 4) is 11.5 Å². The predicted molar refractivity (Wildman–Crippen MR) is 87.7 cm³/mol. The van der Waals surface area contributed by atoms with E-state index in [0.717, 1.165) is 12.8 Å². The van der Waals surface area contributed by atoms with Gasteiger partial charge in [0.1, 0.15) is 17.1 Å². The number of benzene rings is 1. The second-order valence-electron chi connectivity index (χ2n) is 6.39. The number of rotatable bonds is 4. The van der Waals surface area contributed by atoms with Crippen molar-refractivity contribution >= 4 is 11.9 Å². The fraction of sp³-hybridized carbons (Fsp3) is 0.556. The molecular weight excluding hydrogens is 310 g/mol. The third kappa shape index (κ3) is 3.18. The van der Waals surface area contributed by atoms with Crippen molar-refractivity contribution in [1.82, 2.24) is 4.90 Å². The van der Waals surface area contributed by atoms with Crippen molar-refractivity contribution in [2.75, 3.05) is 26.8 Å². The number of carbonyl (C=O) groups excluding carboxylic acids is 2. The summed E-state index contributed by atoms with van der Waals surface area (Å²) in [7, 11) is 1.57. The molecule has 1 unspecified atom stereocenters. The van der Waals surface area contributed by atoms with Gasteiger partial charge < -0.3 is 19.1 Å². The molecule has 1 saturated heterocycles. The molecule has 0 aromatic heterocycles. The minimum atomic E-state index is -0.636. The summed E-state index contributed by atoms with van der Waals surface area (Å²) in [5.41, 5.74) is -0.0911. The minimum absolute atomic E-state index is 0.0244. The van der Waals surface area contributed by atoms with Crippen molar-refractivity contribution in [2.24, 2.45) is 0 Å². The Labute approximate surface area is 141 Å². The Balaban J connectivity index is 1.70. The zero-order valence-electron chi connectivity index (χ0n) is 14.2. The number of hydrogen-bond donors (Lipinski definition) is 0. The van der Waals surface area contributed by atoms with Gasteiger partial charge in [-0.1, -0.05) is 13.3 Å². The van der Waals surface area contributed by atoms with E-state index in [4.69, 9.17) is 14.2 Å². The number of methoxy groups -OCH3 is 1. The number of nitrogens with zero attached hydrogens (tertiary/aromatic N) is 1.